The molecule has 0 fully saturated rings. The molecule has 140 valence electrons. The first-order valence-corrected chi connectivity index (χ1v) is 10.5. The van der Waals surface area contributed by atoms with Crippen LogP contribution in [0.4, 0.5) is 17.1 Å². The van der Waals surface area contributed by atoms with E-state index in [0.717, 1.165) is 0 Å². The van der Waals surface area contributed by atoms with E-state index in [9.17, 15) is 18.0 Å². The Kier molecular flexibility index (Phi) is 4.21. The van der Waals surface area contributed by atoms with E-state index in [-0.39, 0.29) is 33.6 Å². The highest BCUT2D eigenvalue weighted by molar-refractivity contribution is 8.13. The number of fused-ring (bicyclic) bond motifs is 2. The van der Waals surface area contributed by atoms with E-state index in [2.05, 4.69) is 5.32 Å². The molecule has 0 saturated heterocycles. The Morgan fingerprint density at radius 3 is 1.93 bits per heavy atom. The van der Waals surface area contributed by atoms with Gasteiger partial charge < -0.3 is 11.1 Å². The zero-order chi connectivity index (χ0) is 20.1. The van der Waals surface area contributed by atoms with Crippen LogP contribution < -0.4 is 11.1 Å². The number of hydrogen-bond acceptors (Lipinski definition) is 6. The second kappa shape index (κ2) is 6.47. The molecule has 0 saturated carbocycles. The standard InChI is InChI=1S/C20H13ClN2O4S/c21-28(26,27)15-10-14(23-11-6-2-1-3-7-11)16-17(18(15)22)20(25)13-9-5-4-8-12(13)19(16)24/h1-10,23H,22H2. The number of ketones is 2. The molecule has 1 aliphatic carbocycles. The summed E-state index contributed by atoms with van der Waals surface area (Å²) in [5.41, 5.74) is 6.67. The van der Waals surface area contributed by atoms with E-state index >= 15 is 0 Å². The van der Waals surface area contributed by atoms with Gasteiger partial charge in [0.2, 0.25) is 0 Å². The molecule has 3 aromatic rings. The van der Waals surface area contributed by atoms with Gasteiger partial charge in [0.1, 0.15) is 4.90 Å². The van der Waals surface area contributed by atoms with Crippen LogP contribution in [0, 0.1) is 0 Å². The number of carbonyl (C=O) groups excluding carboxylic acids is 2. The lowest BCUT2D eigenvalue weighted by Gasteiger charge is -2.23. The lowest BCUT2D eigenvalue weighted by Crippen LogP contribution is -2.24. The van der Waals surface area contributed by atoms with Gasteiger partial charge in [-0.15, -0.1) is 0 Å². The van der Waals surface area contributed by atoms with Crippen molar-refractivity contribution in [2.45, 2.75) is 4.90 Å². The smallest absolute Gasteiger partial charge is 0.263 e. The first-order chi connectivity index (χ1) is 13.3. The fraction of sp³-hybridized carbons (Fsp3) is 0. The largest absolute Gasteiger partial charge is 0.397 e. The molecule has 1 aliphatic rings. The summed E-state index contributed by atoms with van der Waals surface area (Å²) in [4.78, 5) is 25.8. The number of benzene rings is 3. The minimum atomic E-state index is -4.26. The number of anilines is 3. The molecule has 28 heavy (non-hydrogen) atoms. The van der Waals surface area contributed by atoms with Crippen molar-refractivity contribution in [1.29, 1.82) is 0 Å². The second-order valence-corrected chi connectivity index (χ2v) is 8.75. The lowest BCUT2D eigenvalue weighted by atomic mass is 9.82. The van der Waals surface area contributed by atoms with Crippen LogP contribution in [0.3, 0.4) is 0 Å². The van der Waals surface area contributed by atoms with Crippen LogP contribution >= 0.6 is 10.7 Å². The number of rotatable bonds is 3. The van der Waals surface area contributed by atoms with E-state index in [1.807, 2.05) is 6.07 Å². The summed E-state index contributed by atoms with van der Waals surface area (Å²) in [7, 11) is 1.28. The van der Waals surface area contributed by atoms with Gasteiger partial charge >= 0.3 is 0 Å². The van der Waals surface area contributed by atoms with Crippen LogP contribution in [0.15, 0.2) is 65.6 Å². The summed E-state index contributed by atoms with van der Waals surface area (Å²) in [5.74, 6) is -0.949. The van der Waals surface area contributed by atoms with Gasteiger partial charge in [0.25, 0.3) is 9.05 Å². The summed E-state index contributed by atoms with van der Waals surface area (Å²) < 4.78 is 24.1. The van der Waals surface area contributed by atoms with Crippen LogP contribution in [0.1, 0.15) is 31.8 Å². The van der Waals surface area contributed by atoms with Crippen molar-refractivity contribution >= 4 is 48.4 Å². The minimum absolute atomic E-state index is 0.0223. The molecule has 3 aromatic carbocycles. The van der Waals surface area contributed by atoms with Crippen molar-refractivity contribution in [3.05, 3.63) is 82.9 Å². The summed E-state index contributed by atoms with van der Waals surface area (Å²) in [6.45, 7) is 0. The summed E-state index contributed by atoms with van der Waals surface area (Å²) in [5, 5.41) is 3.00. The van der Waals surface area contributed by atoms with E-state index in [1.165, 1.54) is 12.1 Å². The summed E-state index contributed by atoms with van der Waals surface area (Å²) in [6.07, 6.45) is 0. The Morgan fingerprint density at radius 2 is 1.36 bits per heavy atom. The average molecular weight is 413 g/mol. The van der Waals surface area contributed by atoms with Crippen molar-refractivity contribution in [1.82, 2.24) is 0 Å². The Hall–Kier alpha value is -3.16. The zero-order valence-electron chi connectivity index (χ0n) is 14.3. The Labute approximate surface area is 165 Å². The Balaban J connectivity index is 2.05. The van der Waals surface area contributed by atoms with Crippen LogP contribution in [0.5, 0.6) is 0 Å². The fourth-order valence-electron chi connectivity index (χ4n) is 3.27. The van der Waals surface area contributed by atoms with E-state index in [0.29, 0.717) is 5.69 Å². The zero-order valence-corrected chi connectivity index (χ0v) is 15.8. The molecular weight excluding hydrogens is 400 g/mol. The monoisotopic (exact) mass is 412 g/mol. The average Bonchev–Trinajstić information content (AvgIpc) is 2.67. The van der Waals surface area contributed by atoms with Crippen molar-refractivity contribution in [2.75, 3.05) is 11.1 Å². The van der Waals surface area contributed by atoms with E-state index in [1.54, 1.807) is 42.5 Å². The third-order valence-electron chi connectivity index (χ3n) is 4.52. The van der Waals surface area contributed by atoms with Gasteiger partial charge in [-0.2, -0.15) is 0 Å². The normalized spacial score (nSPS) is 13.0. The Morgan fingerprint density at radius 1 is 0.821 bits per heavy atom. The first kappa shape index (κ1) is 18.2. The van der Waals surface area contributed by atoms with Gasteiger partial charge in [0.15, 0.2) is 11.6 Å². The van der Waals surface area contributed by atoms with Crippen molar-refractivity contribution < 1.29 is 18.0 Å². The van der Waals surface area contributed by atoms with Gasteiger partial charge in [-0.25, -0.2) is 8.42 Å². The molecular formula is C20H13ClN2O4S. The number of nitrogen functional groups attached to an aromatic ring is 1. The highest BCUT2D eigenvalue weighted by Crippen LogP contribution is 2.40. The maximum atomic E-state index is 13.1. The maximum Gasteiger partial charge on any atom is 0.263 e. The molecule has 0 radical (unpaired) electrons. The summed E-state index contributed by atoms with van der Waals surface area (Å²) >= 11 is 0. The maximum absolute atomic E-state index is 13.1. The lowest BCUT2D eigenvalue weighted by molar-refractivity contribution is 0.0980. The second-order valence-electron chi connectivity index (χ2n) is 6.22. The molecule has 6 nitrogen and oxygen atoms in total. The molecule has 3 N–H and O–H groups in total. The van der Waals surface area contributed by atoms with Crippen LogP contribution in [-0.2, 0) is 9.05 Å². The predicted molar refractivity (Wildman–Crippen MR) is 107 cm³/mol. The van der Waals surface area contributed by atoms with Gasteiger partial charge in [0.05, 0.1) is 22.5 Å². The predicted octanol–water partition coefficient (Wildman–Crippen LogP) is 3.72. The number of halogens is 1. The van der Waals surface area contributed by atoms with Crippen LogP contribution in [-0.4, -0.2) is 20.0 Å². The number of nitrogens with two attached hydrogens (primary N) is 1. The molecule has 0 atom stereocenters. The SMILES string of the molecule is Nc1c(S(=O)(=O)Cl)cc(Nc2ccccc2)c2c1C(=O)c1ccccc1C2=O. The quantitative estimate of drug-likeness (QED) is 0.392. The minimum Gasteiger partial charge on any atom is -0.397 e. The topological polar surface area (TPSA) is 106 Å². The number of hydrogen-bond donors (Lipinski definition) is 2. The fourth-order valence-corrected chi connectivity index (χ4v) is 4.28. The first-order valence-electron chi connectivity index (χ1n) is 8.20. The number of carbonyl (C=O) groups is 2. The van der Waals surface area contributed by atoms with Crippen LogP contribution in [0.25, 0.3) is 0 Å². The molecule has 0 unspecified atom stereocenters. The van der Waals surface area contributed by atoms with E-state index < -0.39 is 25.5 Å². The highest BCUT2D eigenvalue weighted by atomic mass is 35.7. The molecule has 0 amide bonds. The highest BCUT2D eigenvalue weighted by Gasteiger charge is 2.36. The van der Waals surface area contributed by atoms with E-state index in [4.69, 9.17) is 16.4 Å². The van der Waals surface area contributed by atoms with Crippen LogP contribution in [0.2, 0.25) is 0 Å². The molecule has 0 aliphatic heterocycles. The van der Waals surface area contributed by atoms with Gasteiger partial charge in [-0.3, -0.25) is 9.59 Å². The number of nitrogens with one attached hydrogen (secondary N) is 1. The molecule has 0 bridgehead atoms. The Bertz CT molecular complexity index is 1250. The van der Waals surface area contributed by atoms with Crippen molar-refractivity contribution in [3.8, 4) is 0 Å². The molecule has 0 spiro atoms. The van der Waals surface area contributed by atoms with Gasteiger partial charge in [0, 0.05) is 27.5 Å². The van der Waals surface area contributed by atoms with Crippen molar-refractivity contribution in [2.24, 2.45) is 0 Å². The number of para-hydroxylation sites is 1. The molecule has 8 heteroatoms. The molecule has 4 rings (SSSR count). The van der Waals surface area contributed by atoms with Crippen molar-refractivity contribution in [3.63, 3.8) is 0 Å². The summed E-state index contributed by atoms with van der Waals surface area (Å²) in [6, 6.07) is 16.3. The van der Waals surface area contributed by atoms with Gasteiger partial charge in [-0.05, 0) is 18.2 Å². The molecule has 0 aromatic heterocycles. The van der Waals surface area contributed by atoms with Gasteiger partial charge in [-0.1, -0.05) is 42.5 Å². The third kappa shape index (κ3) is 2.85. The third-order valence-corrected chi connectivity index (χ3v) is 5.88. The molecule has 0 heterocycles.